The summed E-state index contributed by atoms with van der Waals surface area (Å²) in [5.74, 6) is -0.210. The normalized spacial score (nSPS) is 10.2. The maximum atomic E-state index is 12.0. The second kappa shape index (κ2) is 7.46. The molecule has 0 spiro atoms. The molecule has 11 heteroatoms. The van der Waals surface area contributed by atoms with Crippen LogP contribution < -0.4 is 21.3 Å². The number of nitrogens with one attached hydrogen (secondary N) is 2. The van der Waals surface area contributed by atoms with Gasteiger partial charge in [0.2, 0.25) is 5.91 Å². The maximum absolute atomic E-state index is 12.0. The molecule has 2 rings (SSSR count). The molecule has 0 unspecified atom stereocenters. The SMILES string of the molecule is COc1ccc([N+](=O)[O-])cc1NC(=O)CSc1nc(N)cc(=O)[nH]1. The molecule has 10 nitrogen and oxygen atoms in total. The lowest BCUT2D eigenvalue weighted by atomic mass is 10.2. The van der Waals surface area contributed by atoms with Crippen molar-refractivity contribution in [3.63, 3.8) is 0 Å². The minimum absolute atomic E-state index is 0.0435. The van der Waals surface area contributed by atoms with E-state index >= 15 is 0 Å². The molecule has 0 aliphatic carbocycles. The molecule has 0 radical (unpaired) electrons. The van der Waals surface area contributed by atoms with Crippen LogP contribution in [0.3, 0.4) is 0 Å². The van der Waals surface area contributed by atoms with Gasteiger partial charge in [0.15, 0.2) is 5.16 Å². The van der Waals surface area contributed by atoms with Gasteiger partial charge in [0.1, 0.15) is 11.6 Å². The van der Waals surface area contributed by atoms with Crippen molar-refractivity contribution in [2.45, 2.75) is 5.16 Å². The Morgan fingerprint density at radius 2 is 2.25 bits per heavy atom. The highest BCUT2D eigenvalue weighted by atomic mass is 32.2. The largest absolute Gasteiger partial charge is 0.495 e. The number of methoxy groups -OCH3 is 1. The molecule has 0 fully saturated rings. The minimum Gasteiger partial charge on any atom is -0.495 e. The molecular weight excluding hydrogens is 338 g/mol. The van der Waals surface area contributed by atoms with E-state index in [4.69, 9.17) is 10.5 Å². The number of nitro benzene ring substituents is 1. The lowest BCUT2D eigenvalue weighted by Crippen LogP contribution is -2.16. The number of non-ortho nitro benzene ring substituents is 1. The van der Waals surface area contributed by atoms with Gasteiger partial charge in [0.05, 0.1) is 23.5 Å². The van der Waals surface area contributed by atoms with Crippen molar-refractivity contribution < 1.29 is 14.5 Å². The zero-order chi connectivity index (χ0) is 17.7. The summed E-state index contributed by atoms with van der Waals surface area (Å²) >= 11 is 0.967. The summed E-state index contributed by atoms with van der Waals surface area (Å²) in [5.41, 5.74) is 5.01. The fourth-order valence-electron chi connectivity index (χ4n) is 1.75. The average Bonchev–Trinajstić information content (AvgIpc) is 2.52. The van der Waals surface area contributed by atoms with Gasteiger partial charge in [-0.3, -0.25) is 19.7 Å². The van der Waals surface area contributed by atoms with Gasteiger partial charge in [0, 0.05) is 18.2 Å². The van der Waals surface area contributed by atoms with Crippen LogP contribution in [0, 0.1) is 10.1 Å². The summed E-state index contributed by atoms with van der Waals surface area (Å²) in [6, 6.07) is 4.97. The molecule has 0 aliphatic rings. The van der Waals surface area contributed by atoms with E-state index in [0.717, 1.165) is 17.8 Å². The number of benzene rings is 1. The zero-order valence-corrected chi connectivity index (χ0v) is 13.3. The first-order valence-corrected chi connectivity index (χ1v) is 7.49. The molecule has 24 heavy (non-hydrogen) atoms. The van der Waals surface area contributed by atoms with Crippen molar-refractivity contribution in [2.75, 3.05) is 23.9 Å². The molecule has 0 bridgehead atoms. The molecule has 0 saturated carbocycles. The maximum Gasteiger partial charge on any atom is 0.271 e. The highest BCUT2D eigenvalue weighted by molar-refractivity contribution is 7.99. The Labute approximate surface area is 139 Å². The number of nitrogens with two attached hydrogens (primary N) is 1. The first-order chi connectivity index (χ1) is 11.4. The molecule has 2 aromatic rings. The second-order valence-electron chi connectivity index (χ2n) is 4.45. The van der Waals surface area contributed by atoms with E-state index in [1.807, 2.05) is 0 Å². The van der Waals surface area contributed by atoms with Crippen molar-refractivity contribution in [3.8, 4) is 5.75 Å². The van der Waals surface area contributed by atoms with Crippen LogP contribution >= 0.6 is 11.8 Å². The van der Waals surface area contributed by atoms with E-state index in [1.165, 1.54) is 25.3 Å². The van der Waals surface area contributed by atoms with Gasteiger partial charge in [0.25, 0.3) is 11.2 Å². The average molecular weight is 351 g/mol. The van der Waals surface area contributed by atoms with Crippen molar-refractivity contribution in [2.24, 2.45) is 0 Å². The quantitative estimate of drug-likeness (QED) is 0.301. The predicted molar refractivity (Wildman–Crippen MR) is 88.3 cm³/mol. The first kappa shape index (κ1) is 17.3. The molecule has 0 aliphatic heterocycles. The third-order valence-electron chi connectivity index (χ3n) is 2.75. The molecule has 0 atom stereocenters. The molecule has 1 aromatic carbocycles. The number of aromatic amines is 1. The van der Waals surface area contributed by atoms with Gasteiger partial charge in [-0.15, -0.1) is 0 Å². The number of hydrogen-bond donors (Lipinski definition) is 3. The van der Waals surface area contributed by atoms with E-state index in [9.17, 15) is 19.7 Å². The fourth-order valence-corrected chi connectivity index (χ4v) is 2.43. The van der Waals surface area contributed by atoms with Crippen molar-refractivity contribution in [1.82, 2.24) is 9.97 Å². The number of amides is 1. The number of nitro groups is 1. The summed E-state index contributed by atoms with van der Waals surface area (Å²) in [7, 11) is 1.38. The van der Waals surface area contributed by atoms with Crippen LogP contribution in [0.25, 0.3) is 0 Å². The minimum atomic E-state index is -0.578. The lowest BCUT2D eigenvalue weighted by Gasteiger charge is -2.09. The number of rotatable bonds is 6. The van der Waals surface area contributed by atoms with Crippen LogP contribution in [0.2, 0.25) is 0 Å². The van der Waals surface area contributed by atoms with Gasteiger partial charge in [-0.25, -0.2) is 4.98 Å². The van der Waals surface area contributed by atoms with Crippen molar-refractivity contribution in [1.29, 1.82) is 0 Å². The molecule has 0 saturated heterocycles. The summed E-state index contributed by atoms with van der Waals surface area (Å²) in [6.07, 6.45) is 0. The fraction of sp³-hybridized carbons (Fsp3) is 0.154. The molecule has 126 valence electrons. The lowest BCUT2D eigenvalue weighted by molar-refractivity contribution is -0.384. The summed E-state index contributed by atoms with van der Waals surface area (Å²) in [5, 5.41) is 13.5. The van der Waals surface area contributed by atoms with Crippen molar-refractivity contribution >= 4 is 34.9 Å². The van der Waals surface area contributed by atoms with Crippen molar-refractivity contribution in [3.05, 3.63) is 44.7 Å². The zero-order valence-electron chi connectivity index (χ0n) is 12.4. The van der Waals surface area contributed by atoms with Gasteiger partial charge in [-0.1, -0.05) is 11.8 Å². The molecule has 1 amide bonds. The van der Waals surface area contributed by atoms with E-state index in [0.29, 0.717) is 0 Å². The molecular formula is C13H13N5O5S. The molecule has 4 N–H and O–H groups in total. The van der Waals surface area contributed by atoms with E-state index < -0.39 is 16.4 Å². The van der Waals surface area contributed by atoms with Crippen LogP contribution in [0.1, 0.15) is 0 Å². The van der Waals surface area contributed by atoms with Gasteiger partial charge < -0.3 is 20.8 Å². The molecule has 1 aromatic heterocycles. The highest BCUT2D eigenvalue weighted by Crippen LogP contribution is 2.29. The third kappa shape index (κ3) is 4.46. The van der Waals surface area contributed by atoms with Gasteiger partial charge >= 0.3 is 0 Å². The standard InChI is InChI=1S/C13H13N5O5S/c1-23-9-3-2-7(18(21)22)4-8(9)15-12(20)6-24-13-16-10(14)5-11(19)17-13/h2-5H,6H2,1H3,(H,15,20)(H3,14,16,17,19). The number of aromatic nitrogens is 2. The predicted octanol–water partition coefficient (Wildman–Crippen LogP) is 1.000. The number of nitrogen functional groups attached to an aromatic ring is 1. The first-order valence-electron chi connectivity index (χ1n) is 6.51. The Kier molecular flexibility index (Phi) is 5.37. The topological polar surface area (TPSA) is 153 Å². The molecule has 1 heterocycles. The Morgan fingerprint density at radius 1 is 1.50 bits per heavy atom. The van der Waals surface area contributed by atoms with Crippen LogP contribution in [0.5, 0.6) is 5.75 Å². The number of carbonyl (C=O) groups is 1. The number of thioether (sulfide) groups is 1. The Balaban J connectivity index is 2.07. The highest BCUT2D eigenvalue weighted by Gasteiger charge is 2.14. The van der Waals surface area contributed by atoms with E-state index in [1.54, 1.807) is 0 Å². The van der Waals surface area contributed by atoms with Crippen LogP contribution in [0.4, 0.5) is 17.2 Å². The number of ether oxygens (including phenoxy) is 1. The summed E-state index contributed by atoms with van der Waals surface area (Å²) in [6.45, 7) is 0. The van der Waals surface area contributed by atoms with Crippen LogP contribution in [-0.2, 0) is 4.79 Å². The number of anilines is 2. The monoisotopic (exact) mass is 351 g/mol. The van der Waals surface area contributed by atoms with Gasteiger partial charge in [-0.05, 0) is 6.07 Å². The van der Waals surface area contributed by atoms with E-state index in [-0.39, 0.29) is 33.9 Å². The number of hydrogen-bond acceptors (Lipinski definition) is 8. The van der Waals surface area contributed by atoms with Crippen LogP contribution in [0.15, 0.2) is 34.2 Å². The summed E-state index contributed by atoms with van der Waals surface area (Å²) < 4.78 is 5.05. The Morgan fingerprint density at radius 3 is 2.88 bits per heavy atom. The Hall–Kier alpha value is -3.08. The number of H-pyrrole nitrogens is 1. The van der Waals surface area contributed by atoms with Crippen LogP contribution in [-0.4, -0.2) is 33.7 Å². The van der Waals surface area contributed by atoms with Gasteiger partial charge in [-0.2, -0.15) is 0 Å². The number of nitrogens with zero attached hydrogens (tertiary/aromatic N) is 2. The Bertz CT molecular complexity index is 838. The summed E-state index contributed by atoms with van der Waals surface area (Å²) in [4.78, 5) is 39.8. The van der Waals surface area contributed by atoms with E-state index in [2.05, 4.69) is 15.3 Å². The smallest absolute Gasteiger partial charge is 0.271 e. The third-order valence-corrected chi connectivity index (χ3v) is 3.62. The second-order valence-corrected chi connectivity index (χ2v) is 5.42. The number of carbonyl (C=O) groups excluding carboxylic acids is 1.